The summed E-state index contributed by atoms with van der Waals surface area (Å²) in [5.74, 6) is 0.758. The van der Waals surface area contributed by atoms with Crippen molar-refractivity contribution in [1.29, 1.82) is 5.26 Å². The van der Waals surface area contributed by atoms with Gasteiger partial charge in [-0.05, 0) is 44.6 Å². The molecule has 6 heteroatoms. The number of anilines is 1. The van der Waals surface area contributed by atoms with Crippen LogP contribution in [0.1, 0.15) is 31.7 Å². The molecule has 1 aromatic carbocycles. The Balaban J connectivity index is 2.17. The standard InChI is InChI=1S/C18H19ClN4S/c1-12-5-3-4-10-23(12)17-15(11-20)16(21-18(22-17)24-2)13-6-8-14(19)9-7-13/h6-9,12H,3-5,10H2,1-2H3. The number of aromatic nitrogens is 2. The highest BCUT2D eigenvalue weighted by Crippen LogP contribution is 2.33. The van der Waals surface area contributed by atoms with Crippen LogP contribution in [0.4, 0.5) is 5.82 Å². The quantitative estimate of drug-likeness (QED) is 0.584. The minimum atomic E-state index is 0.383. The van der Waals surface area contributed by atoms with Crippen molar-refractivity contribution in [3.8, 4) is 17.3 Å². The van der Waals surface area contributed by atoms with E-state index in [-0.39, 0.29) is 0 Å². The highest BCUT2D eigenvalue weighted by molar-refractivity contribution is 7.98. The fraction of sp³-hybridized carbons (Fsp3) is 0.389. The van der Waals surface area contributed by atoms with Crippen LogP contribution in [0.5, 0.6) is 0 Å². The second-order valence-electron chi connectivity index (χ2n) is 5.91. The summed E-state index contributed by atoms with van der Waals surface area (Å²) in [5.41, 5.74) is 2.12. The van der Waals surface area contributed by atoms with Gasteiger partial charge in [0.25, 0.3) is 0 Å². The first-order chi connectivity index (χ1) is 11.6. The maximum Gasteiger partial charge on any atom is 0.189 e. The first kappa shape index (κ1) is 17.1. The van der Waals surface area contributed by atoms with Gasteiger partial charge in [0, 0.05) is 23.2 Å². The highest BCUT2D eigenvalue weighted by Gasteiger charge is 2.25. The Bertz CT molecular complexity index is 770. The number of nitrogens with zero attached hydrogens (tertiary/aromatic N) is 4. The van der Waals surface area contributed by atoms with E-state index in [2.05, 4.69) is 27.9 Å². The fourth-order valence-corrected chi connectivity index (χ4v) is 3.55. The molecule has 0 aliphatic carbocycles. The van der Waals surface area contributed by atoms with Crippen molar-refractivity contribution >= 4 is 29.2 Å². The predicted octanol–water partition coefficient (Wildman–Crippen LogP) is 4.77. The lowest BCUT2D eigenvalue weighted by molar-refractivity contribution is 0.479. The summed E-state index contributed by atoms with van der Waals surface area (Å²) in [6, 6.07) is 10.2. The topological polar surface area (TPSA) is 52.8 Å². The molecule has 0 N–H and O–H groups in total. The second-order valence-corrected chi connectivity index (χ2v) is 7.12. The van der Waals surface area contributed by atoms with Crippen LogP contribution < -0.4 is 4.90 Å². The lowest BCUT2D eigenvalue weighted by atomic mass is 10.0. The molecule has 1 aliphatic heterocycles. The molecule has 24 heavy (non-hydrogen) atoms. The Kier molecular flexibility index (Phi) is 5.27. The number of benzene rings is 1. The van der Waals surface area contributed by atoms with E-state index < -0.39 is 0 Å². The Labute approximate surface area is 151 Å². The Morgan fingerprint density at radius 3 is 2.62 bits per heavy atom. The largest absolute Gasteiger partial charge is 0.353 e. The van der Waals surface area contributed by atoms with Gasteiger partial charge in [0.2, 0.25) is 0 Å². The van der Waals surface area contributed by atoms with Gasteiger partial charge >= 0.3 is 0 Å². The SMILES string of the molecule is CSc1nc(-c2ccc(Cl)cc2)c(C#N)c(N2CCCCC2C)n1. The van der Waals surface area contributed by atoms with Gasteiger partial charge in [-0.15, -0.1) is 0 Å². The molecule has 1 aliphatic rings. The molecule has 0 radical (unpaired) electrons. The third-order valence-electron chi connectivity index (χ3n) is 4.36. The molecule has 0 saturated carbocycles. The number of halogens is 1. The molecule has 1 fully saturated rings. The van der Waals surface area contributed by atoms with Crippen LogP contribution in [0.2, 0.25) is 5.02 Å². The molecule has 2 aromatic rings. The van der Waals surface area contributed by atoms with E-state index in [1.54, 1.807) is 0 Å². The highest BCUT2D eigenvalue weighted by atomic mass is 35.5. The monoisotopic (exact) mass is 358 g/mol. The van der Waals surface area contributed by atoms with Gasteiger partial charge in [0.05, 0.1) is 5.69 Å². The van der Waals surface area contributed by atoms with Crippen LogP contribution >= 0.6 is 23.4 Å². The maximum atomic E-state index is 9.81. The van der Waals surface area contributed by atoms with Crippen LogP contribution in [0.25, 0.3) is 11.3 Å². The summed E-state index contributed by atoms with van der Waals surface area (Å²) in [4.78, 5) is 11.5. The van der Waals surface area contributed by atoms with Crippen LogP contribution in [-0.2, 0) is 0 Å². The zero-order chi connectivity index (χ0) is 17.1. The van der Waals surface area contributed by atoms with Gasteiger partial charge in [-0.2, -0.15) is 5.26 Å². The van der Waals surface area contributed by atoms with Gasteiger partial charge in [-0.25, -0.2) is 9.97 Å². The van der Waals surface area contributed by atoms with Crippen LogP contribution in [-0.4, -0.2) is 28.8 Å². The molecule has 3 rings (SSSR count). The van der Waals surface area contributed by atoms with Crippen molar-refractivity contribution in [1.82, 2.24) is 9.97 Å². The van der Waals surface area contributed by atoms with Gasteiger partial charge < -0.3 is 4.90 Å². The van der Waals surface area contributed by atoms with E-state index in [1.165, 1.54) is 18.2 Å². The number of hydrogen-bond acceptors (Lipinski definition) is 5. The summed E-state index contributed by atoms with van der Waals surface area (Å²) < 4.78 is 0. The van der Waals surface area contributed by atoms with Gasteiger partial charge in [0.1, 0.15) is 11.6 Å². The number of piperidine rings is 1. The third kappa shape index (κ3) is 3.35. The average molecular weight is 359 g/mol. The smallest absolute Gasteiger partial charge is 0.189 e. The molecule has 0 bridgehead atoms. The van der Waals surface area contributed by atoms with Crippen molar-refractivity contribution in [3.63, 3.8) is 0 Å². The predicted molar refractivity (Wildman–Crippen MR) is 99.6 cm³/mol. The molecule has 1 atom stereocenters. The summed E-state index contributed by atoms with van der Waals surface area (Å²) in [6.45, 7) is 3.13. The van der Waals surface area contributed by atoms with Gasteiger partial charge in [-0.3, -0.25) is 0 Å². The summed E-state index contributed by atoms with van der Waals surface area (Å²) in [6.07, 6.45) is 5.43. The number of rotatable bonds is 3. The molecule has 0 spiro atoms. The minimum absolute atomic E-state index is 0.383. The summed E-state index contributed by atoms with van der Waals surface area (Å²) >= 11 is 7.49. The molecule has 4 nitrogen and oxygen atoms in total. The lowest BCUT2D eigenvalue weighted by Crippen LogP contribution is -2.38. The van der Waals surface area contributed by atoms with Gasteiger partial charge in [0.15, 0.2) is 11.0 Å². The Morgan fingerprint density at radius 1 is 1.25 bits per heavy atom. The molecule has 1 aromatic heterocycles. The van der Waals surface area contributed by atoms with E-state index in [1.807, 2.05) is 30.5 Å². The second kappa shape index (κ2) is 7.42. The minimum Gasteiger partial charge on any atom is -0.353 e. The Hall–Kier alpha value is -1.77. The Morgan fingerprint density at radius 2 is 2.00 bits per heavy atom. The van der Waals surface area contributed by atoms with Crippen molar-refractivity contribution in [2.45, 2.75) is 37.4 Å². The van der Waals surface area contributed by atoms with Crippen molar-refractivity contribution in [3.05, 3.63) is 34.9 Å². The maximum absolute atomic E-state index is 9.81. The molecule has 2 heterocycles. The fourth-order valence-electron chi connectivity index (χ4n) is 3.06. The van der Waals surface area contributed by atoms with Crippen molar-refractivity contribution in [2.75, 3.05) is 17.7 Å². The van der Waals surface area contributed by atoms with E-state index >= 15 is 0 Å². The first-order valence-electron chi connectivity index (χ1n) is 8.02. The average Bonchev–Trinajstić information content (AvgIpc) is 2.61. The van der Waals surface area contributed by atoms with E-state index in [0.717, 1.165) is 30.8 Å². The third-order valence-corrected chi connectivity index (χ3v) is 5.16. The normalized spacial score (nSPS) is 17.6. The number of hydrogen-bond donors (Lipinski definition) is 0. The van der Waals surface area contributed by atoms with Crippen molar-refractivity contribution < 1.29 is 0 Å². The van der Waals surface area contributed by atoms with Crippen LogP contribution in [0.3, 0.4) is 0 Å². The zero-order valence-electron chi connectivity index (χ0n) is 13.8. The molecular formula is C18H19ClN4S. The zero-order valence-corrected chi connectivity index (χ0v) is 15.4. The van der Waals surface area contributed by atoms with E-state index in [0.29, 0.717) is 27.5 Å². The summed E-state index contributed by atoms with van der Waals surface area (Å²) in [7, 11) is 0. The number of nitriles is 1. The molecule has 1 unspecified atom stereocenters. The van der Waals surface area contributed by atoms with Gasteiger partial charge in [-0.1, -0.05) is 35.5 Å². The molecule has 1 saturated heterocycles. The van der Waals surface area contributed by atoms with E-state index in [9.17, 15) is 5.26 Å². The first-order valence-corrected chi connectivity index (χ1v) is 9.63. The lowest BCUT2D eigenvalue weighted by Gasteiger charge is -2.35. The summed E-state index contributed by atoms with van der Waals surface area (Å²) in [5, 5.41) is 11.2. The molecule has 0 amide bonds. The van der Waals surface area contributed by atoms with E-state index in [4.69, 9.17) is 11.6 Å². The molecule has 124 valence electrons. The van der Waals surface area contributed by atoms with Crippen molar-refractivity contribution in [2.24, 2.45) is 0 Å². The van der Waals surface area contributed by atoms with Crippen LogP contribution in [0, 0.1) is 11.3 Å². The number of thioether (sulfide) groups is 1. The van der Waals surface area contributed by atoms with Crippen LogP contribution in [0.15, 0.2) is 29.4 Å². The molecular weight excluding hydrogens is 340 g/mol.